The topological polar surface area (TPSA) is 49.8 Å². The third-order valence-corrected chi connectivity index (χ3v) is 2.33. The average molecular weight is 203 g/mol. The Labute approximate surface area is 85.9 Å². The summed E-state index contributed by atoms with van der Waals surface area (Å²) in [5, 5.41) is 8.64. The quantitative estimate of drug-likeness (QED) is 0.716. The highest BCUT2D eigenvalue weighted by Gasteiger charge is 2.31. The second kappa shape index (κ2) is 6.79. The van der Waals surface area contributed by atoms with Gasteiger partial charge in [-0.25, -0.2) is 0 Å². The van der Waals surface area contributed by atoms with Gasteiger partial charge in [-0.2, -0.15) is 0 Å². The minimum absolute atomic E-state index is 0.135. The summed E-state index contributed by atoms with van der Waals surface area (Å²) < 4.78 is 5.13. The molecule has 1 fully saturated rings. The molecule has 1 aliphatic rings. The number of nitrogens with zero attached hydrogens (tertiary/aromatic N) is 1. The Morgan fingerprint density at radius 2 is 2.14 bits per heavy atom. The molecule has 0 radical (unpaired) electrons. The van der Waals surface area contributed by atoms with Gasteiger partial charge in [0.15, 0.2) is 0 Å². The van der Waals surface area contributed by atoms with Crippen molar-refractivity contribution >= 4 is 5.91 Å². The summed E-state index contributed by atoms with van der Waals surface area (Å²) in [5.41, 5.74) is 0. The van der Waals surface area contributed by atoms with Gasteiger partial charge in [0.1, 0.15) is 6.61 Å². The van der Waals surface area contributed by atoms with E-state index in [2.05, 4.69) is 0 Å². The van der Waals surface area contributed by atoms with Crippen LogP contribution in [0.25, 0.3) is 0 Å². The van der Waals surface area contributed by atoms with Gasteiger partial charge in [0.2, 0.25) is 5.91 Å². The molecule has 0 spiro atoms. The number of aliphatic hydroxyl groups is 1. The zero-order chi connectivity index (χ0) is 11.1. The van der Waals surface area contributed by atoms with Crippen LogP contribution in [0.15, 0.2) is 0 Å². The number of carbonyl (C=O) groups excluding carboxylic acids is 1. The number of aliphatic hydroxyl groups excluding tert-OH is 1. The smallest absolute Gasteiger partial charge is 0.248 e. The molecule has 14 heavy (non-hydrogen) atoms. The molecule has 2 atom stereocenters. The molecule has 0 aromatic rings. The van der Waals surface area contributed by atoms with Crippen LogP contribution in [0, 0.1) is 0 Å². The highest BCUT2D eigenvalue weighted by atomic mass is 16.5. The normalized spacial score (nSPS) is 25.6. The third kappa shape index (κ3) is 3.27. The van der Waals surface area contributed by atoms with E-state index >= 15 is 0 Å². The average Bonchev–Trinajstić information content (AvgIpc) is 2.61. The Balaban J connectivity index is 0.000000791. The minimum atomic E-state index is -0.402. The van der Waals surface area contributed by atoms with Crippen LogP contribution in [0.3, 0.4) is 0 Å². The lowest BCUT2D eigenvalue weighted by molar-refractivity contribution is -0.135. The van der Waals surface area contributed by atoms with E-state index in [9.17, 15) is 4.79 Å². The van der Waals surface area contributed by atoms with E-state index in [1.807, 2.05) is 20.8 Å². The van der Waals surface area contributed by atoms with E-state index in [0.717, 1.165) is 6.42 Å². The maximum atomic E-state index is 11.1. The predicted molar refractivity (Wildman–Crippen MR) is 55.0 cm³/mol. The Morgan fingerprint density at radius 3 is 2.50 bits per heavy atom. The van der Waals surface area contributed by atoms with Crippen LogP contribution >= 0.6 is 0 Å². The summed E-state index contributed by atoms with van der Waals surface area (Å²) in [6.45, 7) is 6.17. The van der Waals surface area contributed by atoms with Crippen molar-refractivity contribution in [3.63, 3.8) is 0 Å². The first-order chi connectivity index (χ1) is 6.69. The molecule has 0 aromatic carbocycles. The van der Waals surface area contributed by atoms with Crippen LogP contribution in [0.4, 0.5) is 0 Å². The largest absolute Gasteiger partial charge is 0.387 e. The standard InChI is InChI=1S/C8H15NO3.C2H6/c1-6-3-7(12-2)4-9(6)8(11)5-10;1-2/h6-7,10H,3-5H2,1-2H3;1-2H3/t6-,7+;/m1./s1. The third-order valence-electron chi connectivity index (χ3n) is 2.33. The first kappa shape index (κ1) is 13.4. The molecule has 4 nitrogen and oxygen atoms in total. The first-order valence-electron chi connectivity index (χ1n) is 5.12. The summed E-state index contributed by atoms with van der Waals surface area (Å²) in [7, 11) is 1.64. The number of rotatable bonds is 2. The number of methoxy groups -OCH3 is 1. The second-order valence-corrected chi connectivity index (χ2v) is 3.15. The number of hydrogen-bond donors (Lipinski definition) is 1. The molecular weight excluding hydrogens is 182 g/mol. The van der Waals surface area contributed by atoms with Crippen LogP contribution in [0.5, 0.6) is 0 Å². The van der Waals surface area contributed by atoms with E-state index in [-0.39, 0.29) is 18.1 Å². The molecule has 84 valence electrons. The van der Waals surface area contributed by atoms with Gasteiger partial charge in [0.25, 0.3) is 0 Å². The van der Waals surface area contributed by atoms with Gasteiger partial charge in [-0.1, -0.05) is 13.8 Å². The molecule has 1 rings (SSSR count). The molecule has 0 aromatic heterocycles. The molecule has 0 unspecified atom stereocenters. The Kier molecular flexibility index (Phi) is 6.49. The number of carbonyl (C=O) groups is 1. The lowest BCUT2D eigenvalue weighted by Crippen LogP contribution is -2.36. The van der Waals surface area contributed by atoms with Gasteiger partial charge < -0.3 is 14.7 Å². The van der Waals surface area contributed by atoms with E-state index < -0.39 is 6.61 Å². The van der Waals surface area contributed by atoms with Crippen molar-refractivity contribution in [3.8, 4) is 0 Å². The van der Waals surface area contributed by atoms with Crippen molar-refractivity contribution in [2.45, 2.75) is 39.3 Å². The maximum absolute atomic E-state index is 11.1. The molecule has 1 N–H and O–H groups in total. The van der Waals surface area contributed by atoms with Gasteiger partial charge in [-0.15, -0.1) is 0 Å². The van der Waals surface area contributed by atoms with Crippen molar-refractivity contribution in [2.75, 3.05) is 20.3 Å². The SMILES string of the molecule is CC.CO[C@H]1C[C@@H](C)N(C(=O)CO)C1. The van der Waals surface area contributed by atoms with Crippen LogP contribution in [0.2, 0.25) is 0 Å². The Hall–Kier alpha value is -0.610. The monoisotopic (exact) mass is 203 g/mol. The molecule has 0 bridgehead atoms. The maximum Gasteiger partial charge on any atom is 0.248 e. The summed E-state index contributed by atoms with van der Waals surface area (Å²) in [6, 6.07) is 0.189. The van der Waals surface area contributed by atoms with E-state index in [0.29, 0.717) is 6.54 Å². The van der Waals surface area contributed by atoms with Crippen molar-refractivity contribution in [3.05, 3.63) is 0 Å². The van der Waals surface area contributed by atoms with Crippen molar-refractivity contribution in [1.29, 1.82) is 0 Å². The minimum Gasteiger partial charge on any atom is -0.387 e. The van der Waals surface area contributed by atoms with Crippen molar-refractivity contribution < 1.29 is 14.6 Å². The van der Waals surface area contributed by atoms with Crippen molar-refractivity contribution in [1.82, 2.24) is 4.90 Å². The second-order valence-electron chi connectivity index (χ2n) is 3.15. The van der Waals surface area contributed by atoms with Gasteiger partial charge in [-0.3, -0.25) is 4.79 Å². The Morgan fingerprint density at radius 1 is 1.57 bits per heavy atom. The van der Waals surface area contributed by atoms with Gasteiger partial charge in [-0.05, 0) is 13.3 Å². The molecule has 1 saturated heterocycles. The molecular formula is C10H21NO3. The number of likely N-dealkylation sites (tertiary alicyclic amines) is 1. The van der Waals surface area contributed by atoms with Crippen molar-refractivity contribution in [2.24, 2.45) is 0 Å². The number of hydrogen-bond acceptors (Lipinski definition) is 3. The lowest BCUT2D eigenvalue weighted by atomic mass is 10.2. The zero-order valence-electron chi connectivity index (χ0n) is 9.49. The van der Waals surface area contributed by atoms with Crippen LogP contribution in [-0.4, -0.2) is 48.3 Å². The van der Waals surface area contributed by atoms with Gasteiger partial charge in [0.05, 0.1) is 6.10 Å². The molecule has 1 heterocycles. The van der Waals surface area contributed by atoms with Gasteiger partial charge in [0, 0.05) is 19.7 Å². The summed E-state index contributed by atoms with van der Waals surface area (Å²) in [4.78, 5) is 12.8. The highest BCUT2D eigenvalue weighted by Crippen LogP contribution is 2.18. The molecule has 1 amide bonds. The lowest BCUT2D eigenvalue weighted by Gasteiger charge is -2.19. The molecule has 0 aliphatic carbocycles. The van der Waals surface area contributed by atoms with E-state index in [1.54, 1.807) is 12.0 Å². The highest BCUT2D eigenvalue weighted by molar-refractivity contribution is 5.77. The fourth-order valence-electron chi connectivity index (χ4n) is 1.59. The predicted octanol–water partition coefficient (Wildman–Crippen LogP) is 0.641. The molecule has 1 aliphatic heterocycles. The summed E-state index contributed by atoms with van der Waals surface area (Å²) >= 11 is 0. The Bertz CT molecular complexity index is 173. The van der Waals surface area contributed by atoms with Gasteiger partial charge >= 0.3 is 0 Å². The molecule has 0 saturated carbocycles. The van der Waals surface area contributed by atoms with Crippen LogP contribution in [-0.2, 0) is 9.53 Å². The van der Waals surface area contributed by atoms with E-state index in [1.165, 1.54) is 0 Å². The fraction of sp³-hybridized carbons (Fsp3) is 0.900. The van der Waals surface area contributed by atoms with Crippen LogP contribution < -0.4 is 0 Å². The fourth-order valence-corrected chi connectivity index (χ4v) is 1.59. The summed E-state index contributed by atoms with van der Waals surface area (Å²) in [5.74, 6) is -0.206. The molecule has 4 heteroatoms. The number of ether oxygens (including phenoxy) is 1. The van der Waals surface area contributed by atoms with E-state index in [4.69, 9.17) is 9.84 Å². The number of amides is 1. The zero-order valence-corrected chi connectivity index (χ0v) is 9.49. The van der Waals surface area contributed by atoms with Crippen LogP contribution in [0.1, 0.15) is 27.2 Å². The summed E-state index contributed by atoms with van der Waals surface area (Å²) in [6.07, 6.45) is 0.998. The first-order valence-corrected chi connectivity index (χ1v) is 5.12.